The van der Waals surface area contributed by atoms with Gasteiger partial charge < -0.3 is 9.47 Å². The summed E-state index contributed by atoms with van der Waals surface area (Å²) in [4.78, 5) is 13.1. The lowest BCUT2D eigenvalue weighted by Gasteiger charge is -2.32. The van der Waals surface area contributed by atoms with E-state index in [2.05, 4.69) is 16.4 Å². The molecule has 0 radical (unpaired) electrons. The third kappa shape index (κ3) is 4.60. The standard InChI is InChI=1S/C20H29N3O2/c1-2-3-5-17-8-13-21(14-9-17)11-4-12-22-15-10-18-16-19(23(24)25)6-7-20(18)22/h6-7,10,15-17H,2-5,8-9,11-14H2,1H3. The maximum atomic E-state index is 10.9. The van der Waals surface area contributed by atoms with Crippen LogP contribution in [0.5, 0.6) is 0 Å². The van der Waals surface area contributed by atoms with Crippen molar-refractivity contribution in [1.82, 2.24) is 9.47 Å². The van der Waals surface area contributed by atoms with E-state index in [1.807, 2.05) is 18.3 Å². The molecule has 0 saturated carbocycles. The summed E-state index contributed by atoms with van der Waals surface area (Å²) >= 11 is 0. The molecule has 0 N–H and O–H groups in total. The maximum absolute atomic E-state index is 10.9. The van der Waals surface area contributed by atoms with E-state index in [9.17, 15) is 10.1 Å². The lowest BCUT2D eigenvalue weighted by atomic mass is 9.91. The molecule has 1 aromatic carbocycles. The first-order valence-corrected chi connectivity index (χ1v) is 9.63. The molecule has 2 aromatic rings. The quantitative estimate of drug-likeness (QED) is 0.509. The minimum Gasteiger partial charge on any atom is -0.347 e. The highest BCUT2D eigenvalue weighted by molar-refractivity contribution is 5.82. The molecular formula is C20H29N3O2. The van der Waals surface area contributed by atoms with Gasteiger partial charge in [-0.25, -0.2) is 0 Å². The molecule has 3 rings (SSSR count). The fourth-order valence-electron chi connectivity index (χ4n) is 3.95. The van der Waals surface area contributed by atoms with Gasteiger partial charge in [0, 0.05) is 35.8 Å². The number of aryl methyl sites for hydroxylation is 1. The van der Waals surface area contributed by atoms with Gasteiger partial charge in [0.05, 0.1) is 4.92 Å². The predicted octanol–water partition coefficient (Wildman–Crippen LogP) is 4.84. The molecular weight excluding hydrogens is 314 g/mol. The first-order chi connectivity index (χ1) is 12.2. The van der Waals surface area contributed by atoms with Crippen LogP contribution in [0, 0.1) is 16.0 Å². The second-order valence-corrected chi connectivity index (χ2v) is 7.29. The number of non-ortho nitro benzene ring substituents is 1. The van der Waals surface area contributed by atoms with Gasteiger partial charge in [0.1, 0.15) is 0 Å². The molecule has 1 aliphatic heterocycles. The molecule has 5 nitrogen and oxygen atoms in total. The molecule has 136 valence electrons. The molecule has 1 aliphatic rings. The van der Waals surface area contributed by atoms with Gasteiger partial charge in [-0.1, -0.05) is 26.2 Å². The van der Waals surface area contributed by atoms with E-state index in [1.165, 1.54) is 45.2 Å². The number of fused-ring (bicyclic) bond motifs is 1. The highest BCUT2D eigenvalue weighted by Gasteiger charge is 2.18. The Bertz CT molecular complexity index is 702. The van der Waals surface area contributed by atoms with Crippen LogP contribution in [0.4, 0.5) is 5.69 Å². The van der Waals surface area contributed by atoms with Crippen LogP contribution in [0.25, 0.3) is 10.9 Å². The fraction of sp³-hybridized carbons (Fsp3) is 0.600. The van der Waals surface area contributed by atoms with Crippen LogP contribution in [-0.2, 0) is 6.54 Å². The molecule has 2 heterocycles. The van der Waals surface area contributed by atoms with Crippen molar-refractivity contribution in [3.63, 3.8) is 0 Å². The minimum atomic E-state index is -0.332. The molecule has 0 spiro atoms. The summed E-state index contributed by atoms with van der Waals surface area (Å²) < 4.78 is 2.22. The summed E-state index contributed by atoms with van der Waals surface area (Å²) in [5.41, 5.74) is 1.25. The van der Waals surface area contributed by atoms with Crippen LogP contribution in [0.2, 0.25) is 0 Å². The van der Waals surface area contributed by atoms with Crippen LogP contribution < -0.4 is 0 Å². The Labute approximate surface area is 149 Å². The van der Waals surface area contributed by atoms with E-state index >= 15 is 0 Å². The molecule has 1 saturated heterocycles. The average molecular weight is 343 g/mol. The molecule has 0 amide bonds. The Balaban J connectivity index is 1.47. The Kier molecular flexibility index (Phi) is 6.08. The van der Waals surface area contributed by atoms with Gasteiger partial charge in [0.25, 0.3) is 5.69 Å². The van der Waals surface area contributed by atoms with Crippen molar-refractivity contribution < 1.29 is 4.92 Å². The van der Waals surface area contributed by atoms with E-state index in [-0.39, 0.29) is 10.6 Å². The number of hydrogen-bond donors (Lipinski definition) is 0. The number of benzene rings is 1. The number of nitro groups is 1. The van der Waals surface area contributed by atoms with Crippen LogP contribution >= 0.6 is 0 Å². The fourth-order valence-corrected chi connectivity index (χ4v) is 3.95. The van der Waals surface area contributed by atoms with Gasteiger partial charge in [0.2, 0.25) is 0 Å². The van der Waals surface area contributed by atoms with Gasteiger partial charge in [-0.05, 0) is 56.9 Å². The molecule has 0 atom stereocenters. The Hall–Kier alpha value is -1.88. The number of hydrogen-bond acceptors (Lipinski definition) is 3. The number of likely N-dealkylation sites (tertiary alicyclic amines) is 1. The van der Waals surface area contributed by atoms with Crippen molar-refractivity contribution >= 4 is 16.6 Å². The van der Waals surface area contributed by atoms with Crippen LogP contribution in [0.1, 0.15) is 45.4 Å². The number of nitrogens with zero attached hydrogens (tertiary/aromatic N) is 3. The zero-order chi connectivity index (χ0) is 17.6. The lowest BCUT2D eigenvalue weighted by molar-refractivity contribution is -0.384. The van der Waals surface area contributed by atoms with E-state index in [1.54, 1.807) is 12.1 Å². The predicted molar refractivity (Wildman–Crippen MR) is 102 cm³/mol. The molecule has 5 heteroatoms. The smallest absolute Gasteiger partial charge is 0.270 e. The zero-order valence-corrected chi connectivity index (χ0v) is 15.2. The summed E-state index contributed by atoms with van der Waals surface area (Å²) in [7, 11) is 0. The summed E-state index contributed by atoms with van der Waals surface area (Å²) in [6, 6.07) is 7.10. The zero-order valence-electron chi connectivity index (χ0n) is 15.2. The molecule has 0 unspecified atom stereocenters. The van der Waals surface area contributed by atoms with Gasteiger partial charge in [-0.3, -0.25) is 10.1 Å². The van der Waals surface area contributed by atoms with E-state index in [4.69, 9.17) is 0 Å². The second kappa shape index (κ2) is 8.48. The van der Waals surface area contributed by atoms with Crippen molar-refractivity contribution in [2.24, 2.45) is 5.92 Å². The molecule has 25 heavy (non-hydrogen) atoms. The number of piperidine rings is 1. The van der Waals surface area contributed by atoms with Crippen molar-refractivity contribution in [2.45, 2.75) is 52.0 Å². The second-order valence-electron chi connectivity index (χ2n) is 7.29. The van der Waals surface area contributed by atoms with E-state index in [0.717, 1.165) is 36.3 Å². The van der Waals surface area contributed by atoms with Crippen molar-refractivity contribution in [3.8, 4) is 0 Å². The van der Waals surface area contributed by atoms with E-state index < -0.39 is 0 Å². The highest BCUT2D eigenvalue weighted by Crippen LogP contribution is 2.24. The minimum absolute atomic E-state index is 0.163. The summed E-state index contributed by atoms with van der Waals surface area (Å²) in [5, 5.41) is 11.8. The highest BCUT2D eigenvalue weighted by atomic mass is 16.6. The van der Waals surface area contributed by atoms with Crippen molar-refractivity contribution in [3.05, 3.63) is 40.6 Å². The molecule has 0 bridgehead atoms. The number of unbranched alkanes of at least 4 members (excludes halogenated alkanes) is 1. The summed E-state index contributed by atoms with van der Waals surface area (Å²) in [6.07, 6.45) is 9.99. The van der Waals surface area contributed by atoms with Gasteiger partial charge in [-0.2, -0.15) is 0 Å². The lowest BCUT2D eigenvalue weighted by Crippen LogP contribution is -2.34. The Morgan fingerprint density at radius 3 is 2.68 bits per heavy atom. The van der Waals surface area contributed by atoms with Crippen molar-refractivity contribution in [2.75, 3.05) is 19.6 Å². The Morgan fingerprint density at radius 1 is 1.16 bits per heavy atom. The molecule has 1 fully saturated rings. The monoisotopic (exact) mass is 343 g/mol. The molecule has 0 aliphatic carbocycles. The Morgan fingerprint density at radius 2 is 1.96 bits per heavy atom. The van der Waals surface area contributed by atoms with Crippen molar-refractivity contribution in [1.29, 1.82) is 0 Å². The number of rotatable bonds is 8. The third-order valence-corrected chi connectivity index (χ3v) is 5.51. The summed E-state index contributed by atoms with van der Waals surface area (Å²) in [6.45, 7) is 6.88. The normalized spacial score (nSPS) is 16.5. The van der Waals surface area contributed by atoms with Gasteiger partial charge >= 0.3 is 0 Å². The third-order valence-electron chi connectivity index (χ3n) is 5.51. The van der Waals surface area contributed by atoms with Crippen LogP contribution in [0.15, 0.2) is 30.5 Å². The largest absolute Gasteiger partial charge is 0.347 e. The first kappa shape index (κ1) is 17.9. The number of aromatic nitrogens is 1. The first-order valence-electron chi connectivity index (χ1n) is 9.63. The SMILES string of the molecule is CCCCC1CCN(CCCn2ccc3cc([N+](=O)[O-])ccc32)CC1. The van der Waals surface area contributed by atoms with Crippen LogP contribution in [0.3, 0.4) is 0 Å². The van der Waals surface area contributed by atoms with Gasteiger partial charge in [-0.15, -0.1) is 0 Å². The van der Waals surface area contributed by atoms with E-state index in [0.29, 0.717) is 0 Å². The summed E-state index contributed by atoms with van der Waals surface area (Å²) in [5.74, 6) is 0.945. The molecule has 1 aromatic heterocycles. The maximum Gasteiger partial charge on any atom is 0.270 e. The number of nitro benzene ring substituents is 1. The van der Waals surface area contributed by atoms with Gasteiger partial charge in [0.15, 0.2) is 0 Å². The average Bonchev–Trinajstić information content (AvgIpc) is 3.03. The topological polar surface area (TPSA) is 51.3 Å². The van der Waals surface area contributed by atoms with Crippen LogP contribution in [-0.4, -0.2) is 34.0 Å².